The summed E-state index contributed by atoms with van der Waals surface area (Å²) in [4.78, 5) is 4.13. The van der Waals surface area contributed by atoms with Crippen molar-refractivity contribution >= 4 is 32.4 Å². The highest BCUT2D eigenvalue weighted by Crippen LogP contribution is 2.33. The lowest BCUT2D eigenvalue weighted by atomic mass is 10.1. The molecule has 4 heteroatoms. The topological polar surface area (TPSA) is 48.1 Å². The molecule has 3 nitrogen and oxygen atoms in total. The molecule has 0 amide bonds. The van der Waals surface area contributed by atoms with Gasteiger partial charge >= 0.3 is 0 Å². The fraction of sp³-hybridized carbons (Fsp3) is 0. The molecule has 2 aromatic carbocycles. The molecule has 19 heavy (non-hydrogen) atoms. The molecule has 0 spiro atoms. The van der Waals surface area contributed by atoms with Crippen LogP contribution in [0.25, 0.3) is 10.8 Å². The molecule has 0 unspecified atom stereocenters. The first-order chi connectivity index (χ1) is 9.24. The quantitative estimate of drug-likeness (QED) is 0.714. The molecule has 0 fully saturated rings. The zero-order chi connectivity index (χ0) is 13.2. The summed E-state index contributed by atoms with van der Waals surface area (Å²) in [6, 6.07) is 13.3. The smallest absolute Gasteiger partial charge is 0.136 e. The lowest BCUT2D eigenvalue weighted by Crippen LogP contribution is -1.91. The summed E-state index contributed by atoms with van der Waals surface area (Å²) < 4.78 is 6.88. The van der Waals surface area contributed by atoms with Crippen LogP contribution >= 0.6 is 15.9 Å². The SMILES string of the molecule is Nc1ccc(Oc2cccc(Br)c2)c2cnccc12. The van der Waals surface area contributed by atoms with Gasteiger partial charge in [-0.05, 0) is 36.4 Å². The van der Waals surface area contributed by atoms with Gasteiger partial charge in [-0.1, -0.05) is 22.0 Å². The first-order valence-corrected chi connectivity index (χ1v) is 6.59. The lowest BCUT2D eigenvalue weighted by Gasteiger charge is -2.10. The van der Waals surface area contributed by atoms with Gasteiger partial charge in [0.25, 0.3) is 0 Å². The highest BCUT2D eigenvalue weighted by Gasteiger charge is 2.06. The van der Waals surface area contributed by atoms with E-state index in [1.807, 2.05) is 42.5 Å². The van der Waals surface area contributed by atoms with E-state index in [0.717, 1.165) is 32.4 Å². The Balaban J connectivity index is 2.09. The van der Waals surface area contributed by atoms with Gasteiger partial charge in [0.05, 0.1) is 0 Å². The van der Waals surface area contributed by atoms with Crippen molar-refractivity contribution < 1.29 is 4.74 Å². The van der Waals surface area contributed by atoms with E-state index >= 15 is 0 Å². The summed E-state index contributed by atoms with van der Waals surface area (Å²) in [6.45, 7) is 0. The fourth-order valence-corrected chi connectivity index (χ4v) is 2.31. The number of nitrogen functional groups attached to an aromatic ring is 1. The molecule has 2 N–H and O–H groups in total. The van der Waals surface area contributed by atoms with Gasteiger partial charge in [-0.2, -0.15) is 0 Å². The molecule has 0 aliphatic rings. The van der Waals surface area contributed by atoms with Crippen molar-refractivity contribution in [3.8, 4) is 11.5 Å². The van der Waals surface area contributed by atoms with Crippen LogP contribution in [0.4, 0.5) is 5.69 Å². The van der Waals surface area contributed by atoms with Gasteiger partial charge in [0.15, 0.2) is 0 Å². The molecule has 0 saturated heterocycles. The maximum atomic E-state index is 5.95. The second-order valence-corrected chi connectivity index (χ2v) is 5.05. The van der Waals surface area contributed by atoms with Crippen LogP contribution in [0.15, 0.2) is 59.3 Å². The van der Waals surface area contributed by atoms with Crippen LogP contribution in [0.2, 0.25) is 0 Å². The first-order valence-electron chi connectivity index (χ1n) is 5.80. The summed E-state index contributed by atoms with van der Waals surface area (Å²) in [5.74, 6) is 1.51. The third-order valence-electron chi connectivity index (χ3n) is 2.84. The predicted molar refractivity (Wildman–Crippen MR) is 80.4 cm³/mol. The van der Waals surface area contributed by atoms with E-state index < -0.39 is 0 Å². The minimum Gasteiger partial charge on any atom is -0.457 e. The Morgan fingerprint density at radius 1 is 1.05 bits per heavy atom. The molecule has 3 aromatic rings. The van der Waals surface area contributed by atoms with Crippen LogP contribution in [0.3, 0.4) is 0 Å². The van der Waals surface area contributed by atoms with E-state index in [1.165, 1.54) is 0 Å². The van der Waals surface area contributed by atoms with Gasteiger partial charge in [0, 0.05) is 33.3 Å². The molecule has 94 valence electrons. The largest absolute Gasteiger partial charge is 0.457 e. The molecule has 0 atom stereocenters. The number of hydrogen-bond acceptors (Lipinski definition) is 3. The maximum Gasteiger partial charge on any atom is 0.136 e. The molecule has 0 radical (unpaired) electrons. The number of anilines is 1. The predicted octanol–water partition coefficient (Wildman–Crippen LogP) is 4.37. The molecule has 1 aromatic heterocycles. The van der Waals surface area contributed by atoms with Crippen LogP contribution in [0, 0.1) is 0 Å². The van der Waals surface area contributed by atoms with Crippen molar-refractivity contribution in [2.24, 2.45) is 0 Å². The normalized spacial score (nSPS) is 10.6. The number of rotatable bonds is 2. The number of pyridine rings is 1. The number of hydrogen-bond donors (Lipinski definition) is 1. The number of benzene rings is 2. The second-order valence-electron chi connectivity index (χ2n) is 4.13. The Morgan fingerprint density at radius 2 is 1.95 bits per heavy atom. The van der Waals surface area contributed by atoms with Gasteiger partial charge in [-0.25, -0.2) is 0 Å². The number of ether oxygens (including phenoxy) is 1. The zero-order valence-electron chi connectivity index (χ0n) is 10.0. The minimum atomic E-state index is 0.721. The molecule has 1 heterocycles. The van der Waals surface area contributed by atoms with E-state index in [1.54, 1.807) is 12.4 Å². The third-order valence-corrected chi connectivity index (χ3v) is 3.33. The minimum absolute atomic E-state index is 0.721. The summed E-state index contributed by atoms with van der Waals surface area (Å²) >= 11 is 3.42. The Labute approximate surface area is 119 Å². The van der Waals surface area contributed by atoms with Gasteiger partial charge in [0.1, 0.15) is 11.5 Å². The van der Waals surface area contributed by atoms with E-state index in [2.05, 4.69) is 20.9 Å². The van der Waals surface area contributed by atoms with Gasteiger partial charge in [-0.3, -0.25) is 4.98 Å². The number of halogens is 1. The molecular formula is C15H11BrN2O. The molecule has 0 aliphatic heterocycles. The van der Waals surface area contributed by atoms with Crippen molar-refractivity contribution in [2.45, 2.75) is 0 Å². The van der Waals surface area contributed by atoms with Crippen LogP contribution in [-0.2, 0) is 0 Å². The fourth-order valence-electron chi connectivity index (χ4n) is 1.93. The standard InChI is InChI=1S/C15H11BrN2O/c16-10-2-1-3-11(8-10)19-15-5-4-14(17)12-6-7-18-9-13(12)15/h1-9H,17H2. The number of fused-ring (bicyclic) bond motifs is 1. The molecule has 3 rings (SSSR count). The van der Waals surface area contributed by atoms with Crippen molar-refractivity contribution in [1.29, 1.82) is 0 Å². The van der Waals surface area contributed by atoms with E-state index in [0.29, 0.717) is 0 Å². The highest BCUT2D eigenvalue weighted by molar-refractivity contribution is 9.10. The average molecular weight is 315 g/mol. The van der Waals surface area contributed by atoms with E-state index in [9.17, 15) is 0 Å². The Kier molecular flexibility index (Phi) is 3.09. The Hall–Kier alpha value is -2.07. The van der Waals surface area contributed by atoms with Crippen LogP contribution in [-0.4, -0.2) is 4.98 Å². The highest BCUT2D eigenvalue weighted by atomic mass is 79.9. The summed E-state index contributed by atoms with van der Waals surface area (Å²) in [5, 5.41) is 1.85. The first kappa shape index (κ1) is 12.0. The summed E-state index contributed by atoms with van der Waals surface area (Å²) in [6.07, 6.45) is 3.49. The van der Waals surface area contributed by atoms with Crippen LogP contribution in [0.5, 0.6) is 11.5 Å². The van der Waals surface area contributed by atoms with Gasteiger partial charge in [0.2, 0.25) is 0 Å². The van der Waals surface area contributed by atoms with E-state index in [-0.39, 0.29) is 0 Å². The molecule has 0 saturated carbocycles. The zero-order valence-corrected chi connectivity index (χ0v) is 11.6. The molecule has 0 bridgehead atoms. The average Bonchev–Trinajstić information content (AvgIpc) is 2.42. The number of nitrogens with two attached hydrogens (primary N) is 1. The monoisotopic (exact) mass is 314 g/mol. The van der Waals surface area contributed by atoms with Crippen molar-refractivity contribution in [2.75, 3.05) is 5.73 Å². The van der Waals surface area contributed by atoms with Crippen molar-refractivity contribution in [1.82, 2.24) is 4.98 Å². The Bertz CT molecular complexity index is 743. The van der Waals surface area contributed by atoms with Crippen molar-refractivity contribution in [3.63, 3.8) is 0 Å². The van der Waals surface area contributed by atoms with Gasteiger partial charge < -0.3 is 10.5 Å². The third kappa shape index (κ3) is 2.39. The molecular weight excluding hydrogens is 304 g/mol. The number of nitrogens with zero attached hydrogens (tertiary/aromatic N) is 1. The summed E-state index contributed by atoms with van der Waals surface area (Å²) in [5.41, 5.74) is 6.67. The van der Waals surface area contributed by atoms with E-state index in [4.69, 9.17) is 10.5 Å². The molecule has 0 aliphatic carbocycles. The number of aromatic nitrogens is 1. The Morgan fingerprint density at radius 3 is 2.79 bits per heavy atom. The maximum absolute atomic E-state index is 5.95. The van der Waals surface area contributed by atoms with Crippen LogP contribution in [0.1, 0.15) is 0 Å². The van der Waals surface area contributed by atoms with Crippen LogP contribution < -0.4 is 10.5 Å². The lowest BCUT2D eigenvalue weighted by molar-refractivity contribution is 0.488. The second kappa shape index (κ2) is 4.90. The van der Waals surface area contributed by atoms with Crippen molar-refractivity contribution in [3.05, 3.63) is 59.3 Å². The summed E-state index contributed by atoms with van der Waals surface area (Å²) in [7, 11) is 0. The van der Waals surface area contributed by atoms with Gasteiger partial charge in [-0.15, -0.1) is 0 Å².